The zero-order valence-electron chi connectivity index (χ0n) is 21.5. The Morgan fingerprint density at radius 3 is 2.53 bits per heavy atom. The van der Waals surface area contributed by atoms with Crippen molar-refractivity contribution in [3.63, 3.8) is 0 Å². The molecule has 11 nitrogen and oxygen atoms in total. The number of nitrogens with one attached hydrogen (secondary N) is 2. The molecule has 4 rings (SSSR count). The van der Waals surface area contributed by atoms with Crippen molar-refractivity contribution in [2.24, 2.45) is 0 Å². The average Bonchev–Trinajstić information content (AvgIpc) is 2.86. The predicted molar refractivity (Wildman–Crippen MR) is 136 cm³/mol. The SMILES string of the molecule is CCOc1c(C2OC(C)O2)nc(-c2ccc(NC(=O)NCCCN(C)C)cc2)nc1N1CCOCC1. The van der Waals surface area contributed by atoms with Gasteiger partial charge in [-0.2, -0.15) is 0 Å². The molecule has 2 saturated heterocycles. The van der Waals surface area contributed by atoms with Crippen molar-refractivity contribution in [2.45, 2.75) is 32.8 Å². The zero-order valence-corrected chi connectivity index (χ0v) is 21.5. The van der Waals surface area contributed by atoms with Gasteiger partial charge in [0.15, 0.2) is 23.7 Å². The number of hydrogen-bond acceptors (Lipinski definition) is 9. The molecule has 0 radical (unpaired) electrons. The van der Waals surface area contributed by atoms with E-state index in [9.17, 15) is 4.79 Å². The minimum absolute atomic E-state index is 0.232. The number of carbonyl (C=O) groups excluding carboxylic acids is 1. The van der Waals surface area contributed by atoms with E-state index in [4.69, 9.17) is 28.9 Å². The first-order valence-electron chi connectivity index (χ1n) is 12.4. The van der Waals surface area contributed by atoms with E-state index in [1.54, 1.807) is 0 Å². The minimum Gasteiger partial charge on any atom is -0.488 e. The van der Waals surface area contributed by atoms with Gasteiger partial charge in [0.2, 0.25) is 6.29 Å². The van der Waals surface area contributed by atoms with Crippen molar-refractivity contribution in [3.05, 3.63) is 30.0 Å². The topological polar surface area (TPSA) is 110 Å². The van der Waals surface area contributed by atoms with Gasteiger partial charge in [0, 0.05) is 30.9 Å². The molecule has 0 unspecified atom stereocenters. The molecule has 196 valence electrons. The molecule has 3 heterocycles. The number of benzene rings is 1. The first-order chi connectivity index (χ1) is 17.4. The molecule has 2 amide bonds. The van der Waals surface area contributed by atoms with E-state index in [1.807, 2.05) is 52.2 Å². The number of carbonyl (C=O) groups is 1. The van der Waals surface area contributed by atoms with Crippen LogP contribution in [-0.4, -0.2) is 87.3 Å². The standard InChI is InChI=1S/C25H36N6O5/c1-5-34-21-20(24-35-17(2)36-24)28-22(29-23(21)31-13-15-33-16-14-31)18-7-9-19(10-8-18)27-25(32)26-11-6-12-30(3)4/h7-10,17,24H,5-6,11-16H2,1-4H3,(H2,26,27,32). The molecular weight excluding hydrogens is 464 g/mol. The van der Waals surface area contributed by atoms with Crippen LogP contribution in [0.4, 0.5) is 16.3 Å². The second-order valence-corrected chi connectivity index (χ2v) is 8.90. The number of rotatable bonds is 10. The third-order valence-electron chi connectivity index (χ3n) is 5.80. The van der Waals surface area contributed by atoms with Gasteiger partial charge in [-0.1, -0.05) is 0 Å². The molecule has 36 heavy (non-hydrogen) atoms. The van der Waals surface area contributed by atoms with Crippen molar-refractivity contribution in [1.82, 2.24) is 20.2 Å². The number of urea groups is 1. The molecular formula is C25H36N6O5. The summed E-state index contributed by atoms with van der Waals surface area (Å²) in [5.41, 5.74) is 2.06. The Bertz CT molecular complexity index is 1010. The molecule has 1 aromatic carbocycles. The molecule has 2 aromatic rings. The predicted octanol–water partition coefficient (Wildman–Crippen LogP) is 2.84. The van der Waals surface area contributed by atoms with Crippen LogP contribution < -0.4 is 20.3 Å². The van der Waals surface area contributed by atoms with Crippen molar-refractivity contribution in [2.75, 3.05) is 70.3 Å². The van der Waals surface area contributed by atoms with Crippen molar-refractivity contribution >= 4 is 17.5 Å². The summed E-state index contributed by atoms with van der Waals surface area (Å²) in [6, 6.07) is 7.20. The lowest BCUT2D eigenvalue weighted by molar-refractivity contribution is -0.384. The molecule has 0 bridgehead atoms. The highest BCUT2D eigenvalue weighted by Gasteiger charge is 2.36. The van der Waals surface area contributed by atoms with Crippen LogP contribution in [-0.2, 0) is 14.2 Å². The molecule has 2 N–H and O–H groups in total. The largest absolute Gasteiger partial charge is 0.488 e. The van der Waals surface area contributed by atoms with Gasteiger partial charge < -0.3 is 39.4 Å². The summed E-state index contributed by atoms with van der Waals surface area (Å²) < 4.78 is 23.1. The average molecular weight is 501 g/mol. The number of morpholine rings is 1. The number of hydrogen-bond donors (Lipinski definition) is 2. The van der Waals surface area contributed by atoms with Crippen LogP contribution in [0.25, 0.3) is 11.4 Å². The Kier molecular flexibility index (Phi) is 8.92. The summed E-state index contributed by atoms with van der Waals surface area (Å²) in [5, 5.41) is 5.74. The highest BCUT2D eigenvalue weighted by Crippen LogP contribution is 2.41. The van der Waals surface area contributed by atoms with E-state index in [0.717, 1.165) is 18.5 Å². The van der Waals surface area contributed by atoms with Crippen LogP contribution in [0.3, 0.4) is 0 Å². The Balaban J connectivity index is 1.54. The molecule has 0 atom stereocenters. The Morgan fingerprint density at radius 1 is 1.17 bits per heavy atom. The van der Waals surface area contributed by atoms with E-state index in [1.165, 1.54) is 0 Å². The smallest absolute Gasteiger partial charge is 0.319 e. The lowest BCUT2D eigenvalue weighted by Crippen LogP contribution is -2.38. The second kappa shape index (κ2) is 12.3. The van der Waals surface area contributed by atoms with E-state index >= 15 is 0 Å². The van der Waals surface area contributed by atoms with Gasteiger partial charge in [0.25, 0.3) is 0 Å². The maximum Gasteiger partial charge on any atom is 0.319 e. The van der Waals surface area contributed by atoms with E-state index in [0.29, 0.717) is 68.2 Å². The number of ether oxygens (including phenoxy) is 4. The number of aromatic nitrogens is 2. The highest BCUT2D eigenvalue weighted by molar-refractivity contribution is 5.89. The molecule has 1 aromatic heterocycles. The fourth-order valence-corrected chi connectivity index (χ4v) is 3.98. The van der Waals surface area contributed by atoms with Gasteiger partial charge in [-0.05, 0) is 65.2 Å². The molecule has 0 aliphatic carbocycles. The quantitative estimate of drug-likeness (QED) is 0.476. The van der Waals surface area contributed by atoms with Crippen LogP contribution in [0, 0.1) is 0 Å². The fourth-order valence-electron chi connectivity index (χ4n) is 3.98. The summed E-state index contributed by atoms with van der Waals surface area (Å²) in [5.74, 6) is 1.80. The van der Waals surface area contributed by atoms with Crippen LogP contribution >= 0.6 is 0 Å². The number of amides is 2. The zero-order chi connectivity index (χ0) is 25.5. The van der Waals surface area contributed by atoms with E-state index < -0.39 is 6.29 Å². The minimum atomic E-state index is -0.611. The van der Waals surface area contributed by atoms with Gasteiger partial charge in [-0.15, -0.1) is 0 Å². The van der Waals surface area contributed by atoms with Crippen molar-refractivity contribution in [3.8, 4) is 17.1 Å². The summed E-state index contributed by atoms with van der Waals surface area (Å²) in [7, 11) is 4.02. The van der Waals surface area contributed by atoms with E-state index in [2.05, 4.69) is 20.4 Å². The van der Waals surface area contributed by atoms with Crippen LogP contribution in [0.15, 0.2) is 24.3 Å². The molecule has 2 aliphatic heterocycles. The third-order valence-corrected chi connectivity index (χ3v) is 5.80. The van der Waals surface area contributed by atoms with Crippen molar-refractivity contribution in [1.29, 1.82) is 0 Å². The van der Waals surface area contributed by atoms with Gasteiger partial charge in [0.1, 0.15) is 5.69 Å². The third kappa shape index (κ3) is 6.61. The fraction of sp³-hybridized carbons (Fsp3) is 0.560. The van der Waals surface area contributed by atoms with Gasteiger partial charge in [-0.3, -0.25) is 0 Å². The first-order valence-corrected chi connectivity index (χ1v) is 12.4. The summed E-state index contributed by atoms with van der Waals surface area (Å²) in [4.78, 5) is 26.1. The van der Waals surface area contributed by atoms with Gasteiger partial charge in [0.05, 0.1) is 19.8 Å². The number of nitrogens with zero attached hydrogens (tertiary/aromatic N) is 4. The highest BCUT2D eigenvalue weighted by atomic mass is 16.9. The Morgan fingerprint density at radius 2 is 1.89 bits per heavy atom. The van der Waals surface area contributed by atoms with Crippen LogP contribution in [0.1, 0.15) is 32.3 Å². The molecule has 11 heteroatoms. The first kappa shape index (κ1) is 26.1. The number of anilines is 2. The Hall–Kier alpha value is -2.99. The van der Waals surface area contributed by atoms with Crippen LogP contribution in [0.2, 0.25) is 0 Å². The Labute approximate surface area is 212 Å². The van der Waals surface area contributed by atoms with Crippen molar-refractivity contribution < 1.29 is 23.7 Å². The van der Waals surface area contributed by atoms with Crippen LogP contribution in [0.5, 0.6) is 5.75 Å². The molecule has 0 spiro atoms. The summed E-state index contributed by atoms with van der Waals surface area (Å²) >= 11 is 0. The van der Waals surface area contributed by atoms with E-state index in [-0.39, 0.29) is 12.3 Å². The monoisotopic (exact) mass is 500 g/mol. The maximum atomic E-state index is 12.2. The second-order valence-electron chi connectivity index (χ2n) is 8.90. The maximum absolute atomic E-state index is 12.2. The summed E-state index contributed by atoms with van der Waals surface area (Å²) in [6.07, 6.45) is -0.0236. The molecule has 2 fully saturated rings. The van der Waals surface area contributed by atoms with Gasteiger partial charge >= 0.3 is 6.03 Å². The normalized spacial score (nSPS) is 19.6. The summed E-state index contributed by atoms with van der Waals surface area (Å²) in [6.45, 7) is 8.39. The lowest BCUT2D eigenvalue weighted by Gasteiger charge is -2.35. The molecule has 2 aliphatic rings. The lowest BCUT2D eigenvalue weighted by atomic mass is 10.1. The van der Waals surface area contributed by atoms with Gasteiger partial charge in [-0.25, -0.2) is 14.8 Å². The molecule has 0 saturated carbocycles.